The highest BCUT2D eigenvalue weighted by molar-refractivity contribution is 5.87. The number of alkyl halides is 3. The number of methoxy groups -OCH3 is 1. The van der Waals surface area contributed by atoms with Gasteiger partial charge in [0.15, 0.2) is 0 Å². The number of benzene rings is 1. The van der Waals surface area contributed by atoms with E-state index in [2.05, 4.69) is 10.1 Å². The first-order chi connectivity index (χ1) is 11.2. The molecule has 0 saturated heterocycles. The van der Waals surface area contributed by atoms with E-state index in [4.69, 9.17) is 4.74 Å². The molecule has 6 nitrogen and oxygen atoms in total. The fourth-order valence-corrected chi connectivity index (χ4v) is 1.94. The fraction of sp³-hybridized carbons (Fsp3) is 0.467. The van der Waals surface area contributed by atoms with Gasteiger partial charge in [-0.2, -0.15) is 13.2 Å². The highest BCUT2D eigenvalue weighted by atomic mass is 19.4. The first-order valence-electron chi connectivity index (χ1n) is 7.07. The van der Waals surface area contributed by atoms with Gasteiger partial charge in [-0.15, -0.1) is 0 Å². The molecule has 9 heteroatoms. The molecule has 1 rings (SSSR count). The van der Waals surface area contributed by atoms with Gasteiger partial charge in [-0.05, 0) is 24.6 Å². The monoisotopic (exact) mass is 348 g/mol. The van der Waals surface area contributed by atoms with Crippen molar-refractivity contribution in [1.82, 2.24) is 10.6 Å². The van der Waals surface area contributed by atoms with Crippen molar-refractivity contribution >= 4 is 11.9 Å². The number of rotatable bonds is 7. The van der Waals surface area contributed by atoms with Crippen molar-refractivity contribution in [3.05, 3.63) is 29.8 Å². The van der Waals surface area contributed by atoms with E-state index in [1.165, 1.54) is 26.2 Å². The van der Waals surface area contributed by atoms with Crippen LogP contribution in [0.5, 0.6) is 5.75 Å². The molecule has 0 aliphatic carbocycles. The number of nitrogens with one attached hydrogen (secondary N) is 2. The van der Waals surface area contributed by atoms with Gasteiger partial charge in [-0.25, -0.2) is 4.79 Å². The molecule has 1 aromatic rings. The van der Waals surface area contributed by atoms with Gasteiger partial charge < -0.3 is 14.8 Å². The van der Waals surface area contributed by atoms with Crippen LogP contribution in [0, 0.1) is 0 Å². The van der Waals surface area contributed by atoms with Crippen LogP contribution >= 0.6 is 0 Å². The summed E-state index contributed by atoms with van der Waals surface area (Å²) in [4.78, 5) is 23.2. The lowest BCUT2D eigenvalue weighted by atomic mass is 10.1. The number of ether oxygens (including phenoxy) is 2. The molecule has 1 amide bonds. The normalized spacial score (nSPS) is 13.8. The lowest BCUT2D eigenvalue weighted by Gasteiger charge is -2.34. The van der Waals surface area contributed by atoms with E-state index < -0.39 is 23.7 Å². The molecule has 0 unspecified atom stereocenters. The summed E-state index contributed by atoms with van der Waals surface area (Å²) in [5, 5.41) is 3.71. The van der Waals surface area contributed by atoms with E-state index in [1.54, 1.807) is 17.4 Å². The smallest absolute Gasteiger partial charge is 0.436 e. The van der Waals surface area contributed by atoms with Gasteiger partial charge in [-0.3, -0.25) is 10.1 Å². The standard InChI is InChI=1S/C15H19F3N2O4/c1-4-24-13(22)14(15(16,17)18,20-10(2)21)19-9-11-5-7-12(23-3)8-6-11/h5-8,19H,4,9H2,1-3H3,(H,20,21)/t14-/m0/s1. The van der Waals surface area contributed by atoms with Crippen LogP contribution in [0.1, 0.15) is 19.4 Å². The number of hydrogen-bond acceptors (Lipinski definition) is 5. The van der Waals surface area contributed by atoms with Crippen molar-refractivity contribution in [3.8, 4) is 5.75 Å². The van der Waals surface area contributed by atoms with Crippen LogP contribution in [0.25, 0.3) is 0 Å². The van der Waals surface area contributed by atoms with Gasteiger partial charge in [0.05, 0.1) is 13.7 Å². The molecule has 0 heterocycles. The summed E-state index contributed by atoms with van der Waals surface area (Å²) in [5.41, 5.74) is -2.87. The Morgan fingerprint density at radius 3 is 2.17 bits per heavy atom. The molecule has 0 spiro atoms. The second-order valence-corrected chi connectivity index (χ2v) is 4.85. The zero-order valence-electron chi connectivity index (χ0n) is 13.5. The minimum absolute atomic E-state index is 0.263. The molecule has 0 saturated carbocycles. The molecule has 2 N–H and O–H groups in total. The third-order valence-corrected chi connectivity index (χ3v) is 3.09. The SMILES string of the molecule is CCOC(=O)[C@](NCc1ccc(OC)cc1)(NC(C)=O)C(F)(F)F. The van der Waals surface area contributed by atoms with Gasteiger partial charge in [0.25, 0.3) is 5.66 Å². The summed E-state index contributed by atoms with van der Waals surface area (Å²) >= 11 is 0. The summed E-state index contributed by atoms with van der Waals surface area (Å²) < 4.78 is 50.1. The van der Waals surface area contributed by atoms with Gasteiger partial charge >= 0.3 is 12.1 Å². The minimum Gasteiger partial charge on any atom is -0.497 e. The van der Waals surface area contributed by atoms with Crippen LogP contribution in [-0.4, -0.2) is 37.4 Å². The predicted octanol–water partition coefficient (Wildman–Crippen LogP) is 1.74. The van der Waals surface area contributed by atoms with E-state index in [0.29, 0.717) is 11.3 Å². The van der Waals surface area contributed by atoms with E-state index in [1.807, 2.05) is 0 Å². The summed E-state index contributed by atoms with van der Waals surface area (Å²) in [5.74, 6) is -2.11. The average Bonchev–Trinajstić information content (AvgIpc) is 2.50. The first kappa shape index (κ1) is 19.8. The maximum atomic E-state index is 13.5. The molecule has 1 aromatic carbocycles. The largest absolute Gasteiger partial charge is 0.497 e. The second kappa shape index (κ2) is 8.00. The predicted molar refractivity (Wildman–Crippen MR) is 79.1 cm³/mol. The lowest BCUT2D eigenvalue weighted by Crippen LogP contribution is -2.72. The number of amides is 1. The molecular weight excluding hydrogens is 329 g/mol. The Balaban J connectivity index is 3.10. The topological polar surface area (TPSA) is 76.7 Å². The van der Waals surface area contributed by atoms with Gasteiger partial charge in [-0.1, -0.05) is 12.1 Å². The number of carbonyl (C=O) groups is 2. The fourth-order valence-electron chi connectivity index (χ4n) is 1.94. The van der Waals surface area contributed by atoms with Gasteiger partial charge in [0.2, 0.25) is 5.91 Å². The third-order valence-electron chi connectivity index (χ3n) is 3.09. The lowest BCUT2D eigenvalue weighted by molar-refractivity contribution is -0.221. The summed E-state index contributed by atoms with van der Waals surface area (Å²) in [7, 11) is 1.46. The molecular formula is C15H19F3N2O4. The van der Waals surface area contributed by atoms with Crippen LogP contribution in [-0.2, 0) is 20.9 Å². The average molecular weight is 348 g/mol. The first-order valence-corrected chi connectivity index (χ1v) is 7.07. The molecule has 0 fully saturated rings. The van der Waals surface area contributed by atoms with Crippen LogP contribution in [0.3, 0.4) is 0 Å². The molecule has 0 bridgehead atoms. The van der Waals surface area contributed by atoms with Crippen molar-refractivity contribution in [2.24, 2.45) is 0 Å². The van der Waals surface area contributed by atoms with Crippen LogP contribution in [0.15, 0.2) is 24.3 Å². The van der Waals surface area contributed by atoms with Crippen LogP contribution in [0.2, 0.25) is 0 Å². The molecule has 0 aliphatic rings. The molecule has 1 atom stereocenters. The third kappa shape index (κ3) is 4.60. The Kier molecular flexibility index (Phi) is 6.59. The van der Waals surface area contributed by atoms with E-state index >= 15 is 0 Å². The number of carbonyl (C=O) groups excluding carboxylic acids is 2. The van der Waals surface area contributed by atoms with Gasteiger partial charge in [0, 0.05) is 13.5 Å². The minimum atomic E-state index is -5.10. The summed E-state index contributed by atoms with van der Waals surface area (Å²) in [6.45, 7) is 1.66. The van der Waals surface area contributed by atoms with Crippen LogP contribution < -0.4 is 15.4 Å². The second-order valence-electron chi connectivity index (χ2n) is 4.85. The van der Waals surface area contributed by atoms with Gasteiger partial charge in [0.1, 0.15) is 5.75 Å². The maximum Gasteiger partial charge on any atom is 0.436 e. The quantitative estimate of drug-likeness (QED) is 0.580. The van der Waals surface area contributed by atoms with Crippen molar-refractivity contribution in [3.63, 3.8) is 0 Å². The highest BCUT2D eigenvalue weighted by Crippen LogP contribution is 2.30. The van der Waals surface area contributed by atoms with E-state index in [9.17, 15) is 22.8 Å². The maximum absolute atomic E-state index is 13.5. The summed E-state index contributed by atoms with van der Waals surface area (Å²) in [6, 6.07) is 6.20. The molecule has 134 valence electrons. The van der Waals surface area contributed by atoms with Crippen molar-refractivity contribution in [2.75, 3.05) is 13.7 Å². The Bertz CT molecular complexity index is 575. The molecule has 0 aliphatic heterocycles. The molecule has 0 aromatic heterocycles. The van der Waals surface area contributed by atoms with Crippen LogP contribution in [0.4, 0.5) is 13.2 Å². The van der Waals surface area contributed by atoms with Crippen molar-refractivity contribution < 1.29 is 32.2 Å². The Morgan fingerprint density at radius 2 is 1.75 bits per heavy atom. The number of halogens is 3. The Morgan fingerprint density at radius 1 is 1.17 bits per heavy atom. The van der Waals surface area contributed by atoms with E-state index in [-0.39, 0.29) is 13.2 Å². The molecule has 0 radical (unpaired) electrons. The van der Waals surface area contributed by atoms with E-state index in [0.717, 1.165) is 6.92 Å². The van der Waals surface area contributed by atoms with Crippen molar-refractivity contribution in [2.45, 2.75) is 32.2 Å². The molecule has 24 heavy (non-hydrogen) atoms. The number of esters is 1. The summed E-state index contributed by atoms with van der Waals surface area (Å²) in [6.07, 6.45) is -5.10. The number of hydrogen-bond donors (Lipinski definition) is 2. The zero-order chi connectivity index (χ0) is 18.4. The Labute approximate surface area is 137 Å². The van der Waals surface area contributed by atoms with Crippen molar-refractivity contribution in [1.29, 1.82) is 0 Å². The highest BCUT2D eigenvalue weighted by Gasteiger charge is 2.62. The Hall–Kier alpha value is -2.29. The zero-order valence-corrected chi connectivity index (χ0v) is 13.5.